The fraction of sp³-hybridized carbons (Fsp3) is 0. The van der Waals surface area contributed by atoms with Crippen molar-refractivity contribution in [2.24, 2.45) is 0 Å². The molecule has 0 bridgehead atoms. The van der Waals surface area contributed by atoms with E-state index in [1.807, 2.05) is 91.0 Å². The van der Waals surface area contributed by atoms with Crippen LogP contribution in [0.2, 0.25) is 0 Å². The van der Waals surface area contributed by atoms with Gasteiger partial charge in [-0.25, -0.2) is 0 Å². The molecule has 0 saturated heterocycles. The van der Waals surface area contributed by atoms with E-state index in [-0.39, 0.29) is 21.7 Å². The smallest absolute Gasteiger partial charge is 0.184 e. The number of hydrogen-bond donors (Lipinski definition) is 0. The Morgan fingerprint density at radius 1 is 0.464 bits per heavy atom. The van der Waals surface area contributed by atoms with E-state index >= 15 is 0 Å². The zero-order chi connectivity index (χ0) is 18.8. The second kappa shape index (κ2) is 16.4. The van der Waals surface area contributed by atoms with Gasteiger partial charge in [-0.3, -0.25) is 0 Å². The first kappa shape index (κ1) is 23.2. The Hall–Kier alpha value is -2.80. The van der Waals surface area contributed by atoms with Crippen LogP contribution in [0.1, 0.15) is 0 Å². The SMILES string of the molecule is [Ti+4].[c-]1ccccc1.[c-]1ccccc1.[c-]1ccccc1.c1ccc2[cH-]ccc2c1. The number of fused-ring (bicyclic) bond motifs is 1. The Bertz CT molecular complexity index is 728. The summed E-state index contributed by atoms with van der Waals surface area (Å²) in [5.41, 5.74) is 0. The van der Waals surface area contributed by atoms with Crippen LogP contribution in [-0.2, 0) is 21.7 Å². The molecule has 0 N–H and O–H groups in total. The van der Waals surface area contributed by atoms with Gasteiger partial charge in [0.2, 0.25) is 0 Å². The van der Waals surface area contributed by atoms with Crippen molar-refractivity contribution >= 4 is 10.8 Å². The van der Waals surface area contributed by atoms with Crippen LogP contribution in [0.3, 0.4) is 0 Å². The summed E-state index contributed by atoms with van der Waals surface area (Å²) in [5, 5.41) is 2.66. The first-order valence-electron chi connectivity index (χ1n) is 8.80. The summed E-state index contributed by atoms with van der Waals surface area (Å²) < 4.78 is 0. The van der Waals surface area contributed by atoms with Crippen LogP contribution >= 0.6 is 0 Å². The molecule has 0 fully saturated rings. The van der Waals surface area contributed by atoms with Crippen LogP contribution in [0.15, 0.2) is 133 Å². The molecule has 0 heterocycles. The summed E-state index contributed by atoms with van der Waals surface area (Å²) in [6, 6.07) is 52.2. The molecule has 5 aromatic carbocycles. The third-order valence-corrected chi connectivity index (χ3v) is 3.37. The predicted molar refractivity (Wildman–Crippen MR) is 115 cm³/mol. The molecule has 0 radical (unpaired) electrons. The Kier molecular flexibility index (Phi) is 13.6. The standard InChI is InChI=1S/C9H7.3C6H5.Ti/c1-2-5-9-7-3-6-8(9)4-1;3*1-2-4-6-5-3-1;/h1-7H;3*1-5H;/q4*-1;+4. The fourth-order valence-corrected chi connectivity index (χ4v) is 2.10. The van der Waals surface area contributed by atoms with E-state index in [0.717, 1.165) is 0 Å². The van der Waals surface area contributed by atoms with Gasteiger partial charge in [0.1, 0.15) is 0 Å². The number of benzene rings is 4. The average Bonchev–Trinajstić information content (AvgIpc) is 3.28. The van der Waals surface area contributed by atoms with Crippen molar-refractivity contribution in [3.63, 3.8) is 0 Å². The molecule has 0 nitrogen and oxygen atoms in total. The van der Waals surface area contributed by atoms with Gasteiger partial charge >= 0.3 is 21.7 Å². The molecular formula is C27H22Ti. The third kappa shape index (κ3) is 11.0. The maximum absolute atomic E-state index is 2.89. The molecule has 5 aromatic rings. The molecule has 134 valence electrons. The molecule has 0 amide bonds. The summed E-state index contributed by atoms with van der Waals surface area (Å²) in [6.07, 6.45) is 0. The summed E-state index contributed by atoms with van der Waals surface area (Å²) in [5.74, 6) is 0. The average molecular weight is 394 g/mol. The maximum Gasteiger partial charge on any atom is 4.00 e. The Morgan fingerprint density at radius 2 is 0.893 bits per heavy atom. The molecule has 0 aromatic heterocycles. The van der Waals surface area contributed by atoms with Crippen LogP contribution in [0.25, 0.3) is 10.8 Å². The van der Waals surface area contributed by atoms with E-state index in [1.54, 1.807) is 0 Å². The maximum atomic E-state index is 2.89. The van der Waals surface area contributed by atoms with Crippen LogP contribution in [0, 0.1) is 18.2 Å². The molecule has 0 aliphatic rings. The predicted octanol–water partition coefficient (Wildman–Crippen LogP) is 7.02. The summed E-state index contributed by atoms with van der Waals surface area (Å²) in [4.78, 5) is 0. The van der Waals surface area contributed by atoms with Crippen molar-refractivity contribution in [1.82, 2.24) is 0 Å². The third-order valence-electron chi connectivity index (χ3n) is 3.37. The van der Waals surface area contributed by atoms with E-state index < -0.39 is 0 Å². The van der Waals surface area contributed by atoms with Gasteiger partial charge in [-0.05, 0) is 0 Å². The van der Waals surface area contributed by atoms with E-state index in [1.165, 1.54) is 10.8 Å². The van der Waals surface area contributed by atoms with E-state index in [4.69, 9.17) is 0 Å². The first-order valence-corrected chi connectivity index (χ1v) is 8.80. The molecule has 28 heavy (non-hydrogen) atoms. The molecule has 1 heteroatoms. The van der Waals surface area contributed by atoms with Crippen LogP contribution in [0.5, 0.6) is 0 Å². The zero-order valence-corrected chi connectivity index (χ0v) is 17.3. The molecule has 0 atom stereocenters. The van der Waals surface area contributed by atoms with Crippen molar-refractivity contribution in [3.8, 4) is 0 Å². The van der Waals surface area contributed by atoms with Gasteiger partial charge in [0.15, 0.2) is 0 Å². The summed E-state index contributed by atoms with van der Waals surface area (Å²) in [6.45, 7) is 0. The number of rotatable bonds is 0. The Morgan fingerprint density at radius 3 is 1.21 bits per heavy atom. The molecule has 0 saturated carbocycles. The number of hydrogen-bond acceptors (Lipinski definition) is 0. The van der Waals surface area contributed by atoms with Gasteiger partial charge in [-0.2, -0.15) is 127 Å². The van der Waals surface area contributed by atoms with Gasteiger partial charge in [-0.1, -0.05) is 6.07 Å². The van der Waals surface area contributed by atoms with Gasteiger partial charge in [0.25, 0.3) is 0 Å². The minimum Gasteiger partial charge on any atom is -0.184 e. The Balaban J connectivity index is 0.000000188. The monoisotopic (exact) mass is 394 g/mol. The summed E-state index contributed by atoms with van der Waals surface area (Å²) >= 11 is 0. The van der Waals surface area contributed by atoms with Gasteiger partial charge in [-0.15, -0.1) is 29.7 Å². The normalized spacial score (nSPS) is 8.43. The fourth-order valence-electron chi connectivity index (χ4n) is 2.10. The van der Waals surface area contributed by atoms with Crippen LogP contribution in [-0.4, -0.2) is 0 Å². The van der Waals surface area contributed by atoms with Crippen molar-refractivity contribution in [2.45, 2.75) is 0 Å². The van der Waals surface area contributed by atoms with E-state index in [2.05, 4.69) is 60.7 Å². The van der Waals surface area contributed by atoms with Gasteiger partial charge < -0.3 is 0 Å². The molecule has 0 aliphatic heterocycles. The van der Waals surface area contributed by atoms with Crippen molar-refractivity contribution in [3.05, 3.63) is 152 Å². The zero-order valence-electron chi connectivity index (χ0n) is 15.7. The van der Waals surface area contributed by atoms with Crippen LogP contribution < -0.4 is 0 Å². The first-order chi connectivity index (χ1) is 13.5. The molecule has 5 rings (SSSR count). The molecule has 0 spiro atoms. The Labute approximate surface area is 183 Å². The quantitative estimate of drug-likeness (QED) is 0.196. The molecule has 0 aliphatic carbocycles. The van der Waals surface area contributed by atoms with Crippen molar-refractivity contribution in [2.75, 3.05) is 0 Å². The minimum atomic E-state index is 0. The van der Waals surface area contributed by atoms with Crippen molar-refractivity contribution in [1.29, 1.82) is 0 Å². The van der Waals surface area contributed by atoms with Crippen molar-refractivity contribution < 1.29 is 21.7 Å². The second-order valence-electron chi connectivity index (χ2n) is 5.39. The molecule has 0 unspecified atom stereocenters. The van der Waals surface area contributed by atoms with E-state index in [0.29, 0.717) is 0 Å². The topological polar surface area (TPSA) is 0 Å². The minimum absolute atomic E-state index is 0. The van der Waals surface area contributed by atoms with Crippen LogP contribution in [0.4, 0.5) is 0 Å². The van der Waals surface area contributed by atoms with Gasteiger partial charge in [0, 0.05) is 0 Å². The summed E-state index contributed by atoms with van der Waals surface area (Å²) in [7, 11) is 0. The second-order valence-corrected chi connectivity index (χ2v) is 5.39. The van der Waals surface area contributed by atoms with E-state index in [9.17, 15) is 0 Å². The van der Waals surface area contributed by atoms with Gasteiger partial charge in [0.05, 0.1) is 0 Å². The molecular weight excluding hydrogens is 372 g/mol. The largest absolute Gasteiger partial charge is 4.00 e.